The zero-order chi connectivity index (χ0) is 21.8. The molecule has 0 unspecified atom stereocenters. The highest BCUT2D eigenvalue weighted by atomic mass is 79.9. The van der Waals surface area contributed by atoms with Crippen LogP contribution in [-0.4, -0.2) is 38.3 Å². The van der Waals surface area contributed by atoms with E-state index in [4.69, 9.17) is 13.9 Å². The lowest BCUT2D eigenvalue weighted by Gasteiger charge is -2.36. The number of rotatable bonds is 7. The third-order valence-corrected chi connectivity index (χ3v) is 9.98. The molecule has 1 rings (SSSR count). The van der Waals surface area contributed by atoms with Crippen molar-refractivity contribution in [1.29, 1.82) is 0 Å². The first kappa shape index (κ1) is 24.9. The van der Waals surface area contributed by atoms with Crippen molar-refractivity contribution in [3.8, 4) is 5.75 Å². The molecule has 0 saturated carbocycles. The highest BCUT2D eigenvalue weighted by Crippen LogP contribution is 2.37. The predicted octanol–water partition coefficient (Wildman–Crippen LogP) is 5.69. The second kappa shape index (κ2) is 9.60. The Hall–Kier alpha value is -1.09. The SMILES string of the molecule is CC(C)(C)OC(=O)Nc1cc(CO)c(Br)c(OCCO[Si](C)(C)C(C)(C)C)c1. The highest BCUT2D eigenvalue weighted by Gasteiger charge is 2.36. The van der Waals surface area contributed by atoms with Gasteiger partial charge in [-0.2, -0.15) is 0 Å². The molecule has 0 radical (unpaired) electrons. The summed E-state index contributed by atoms with van der Waals surface area (Å²) in [6.07, 6.45) is -0.564. The van der Waals surface area contributed by atoms with E-state index < -0.39 is 20.0 Å². The molecule has 0 bridgehead atoms. The Bertz CT molecular complexity index is 680. The van der Waals surface area contributed by atoms with Crippen LogP contribution < -0.4 is 10.1 Å². The lowest BCUT2D eigenvalue weighted by molar-refractivity contribution is 0.0636. The van der Waals surface area contributed by atoms with E-state index in [2.05, 4.69) is 55.1 Å². The van der Waals surface area contributed by atoms with Crippen LogP contribution in [0.2, 0.25) is 18.1 Å². The Balaban J connectivity index is 2.82. The fourth-order valence-corrected chi connectivity index (χ4v) is 3.53. The lowest BCUT2D eigenvalue weighted by Crippen LogP contribution is -2.41. The average molecular weight is 476 g/mol. The predicted molar refractivity (Wildman–Crippen MR) is 119 cm³/mol. The topological polar surface area (TPSA) is 77.0 Å². The third kappa shape index (κ3) is 7.73. The van der Waals surface area contributed by atoms with Gasteiger partial charge in [0.1, 0.15) is 18.0 Å². The smallest absolute Gasteiger partial charge is 0.412 e. The normalized spacial score (nSPS) is 12.6. The van der Waals surface area contributed by atoms with E-state index in [1.165, 1.54) is 0 Å². The molecule has 2 N–H and O–H groups in total. The fraction of sp³-hybridized carbons (Fsp3) is 0.650. The van der Waals surface area contributed by atoms with Crippen molar-refractivity contribution in [1.82, 2.24) is 0 Å². The molecule has 0 aromatic heterocycles. The summed E-state index contributed by atoms with van der Waals surface area (Å²) in [5.41, 5.74) is 0.496. The Morgan fingerprint density at radius 3 is 2.25 bits per heavy atom. The number of nitrogens with one attached hydrogen (secondary N) is 1. The van der Waals surface area contributed by atoms with Crippen molar-refractivity contribution in [2.75, 3.05) is 18.5 Å². The second-order valence-corrected chi connectivity index (χ2v) is 14.8. The number of ether oxygens (including phenoxy) is 2. The van der Waals surface area contributed by atoms with Gasteiger partial charge < -0.3 is 19.0 Å². The van der Waals surface area contributed by atoms with Crippen molar-refractivity contribution in [2.24, 2.45) is 0 Å². The molecule has 0 fully saturated rings. The molecular weight excluding hydrogens is 442 g/mol. The molecule has 0 saturated heterocycles. The average Bonchev–Trinajstić information content (AvgIpc) is 2.50. The Morgan fingerprint density at radius 1 is 1.14 bits per heavy atom. The number of benzene rings is 1. The van der Waals surface area contributed by atoms with E-state index in [0.29, 0.717) is 34.7 Å². The van der Waals surface area contributed by atoms with Gasteiger partial charge in [0.25, 0.3) is 0 Å². The van der Waals surface area contributed by atoms with Gasteiger partial charge in [-0.3, -0.25) is 5.32 Å². The highest BCUT2D eigenvalue weighted by molar-refractivity contribution is 9.10. The Labute approximate surface area is 178 Å². The van der Waals surface area contributed by atoms with Crippen molar-refractivity contribution in [3.05, 3.63) is 22.2 Å². The van der Waals surface area contributed by atoms with Gasteiger partial charge >= 0.3 is 6.09 Å². The van der Waals surface area contributed by atoms with Gasteiger partial charge in [0.05, 0.1) is 17.7 Å². The first-order chi connectivity index (χ1) is 12.7. The minimum atomic E-state index is -1.84. The quantitative estimate of drug-likeness (QED) is 0.391. The van der Waals surface area contributed by atoms with Crippen LogP contribution >= 0.6 is 15.9 Å². The maximum Gasteiger partial charge on any atom is 0.412 e. The van der Waals surface area contributed by atoms with Crippen molar-refractivity contribution < 1.29 is 23.8 Å². The summed E-state index contributed by atoms with van der Waals surface area (Å²) in [6.45, 7) is 17.0. The molecule has 160 valence electrons. The van der Waals surface area contributed by atoms with Gasteiger partial charge in [-0.15, -0.1) is 0 Å². The van der Waals surface area contributed by atoms with Crippen molar-refractivity contribution in [2.45, 2.75) is 71.9 Å². The minimum absolute atomic E-state index is 0.134. The molecule has 1 aromatic carbocycles. The number of aliphatic hydroxyl groups is 1. The molecule has 0 aliphatic rings. The zero-order valence-corrected chi connectivity index (χ0v) is 20.8. The van der Waals surface area contributed by atoms with Crippen LogP contribution in [0.3, 0.4) is 0 Å². The largest absolute Gasteiger partial charge is 0.490 e. The van der Waals surface area contributed by atoms with Gasteiger partial charge in [-0.25, -0.2) is 4.79 Å². The van der Waals surface area contributed by atoms with Crippen LogP contribution in [0.5, 0.6) is 5.75 Å². The maximum atomic E-state index is 12.0. The maximum absolute atomic E-state index is 12.0. The van der Waals surface area contributed by atoms with Gasteiger partial charge in [-0.1, -0.05) is 20.8 Å². The van der Waals surface area contributed by atoms with E-state index in [-0.39, 0.29) is 11.6 Å². The third-order valence-electron chi connectivity index (χ3n) is 4.54. The molecule has 1 amide bonds. The van der Waals surface area contributed by atoms with Crippen LogP contribution in [0.15, 0.2) is 16.6 Å². The summed E-state index contributed by atoms with van der Waals surface area (Å²) in [5.74, 6) is 0.524. The van der Waals surface area contributed by atoms with E-state index in [9.17, 15) is 9.90 Å². The van der Waals surface area contributed by atoms with E-state index >= 15 is 0 Å². The molecule has 6 nitrogen and oxygen atoms in total. The fourth-order valence-electron chi connectivity index (χ4n) is 2.03. The molecule has 0 atom stereocenters. The van der Waals surface area contributed by atoms with Gasteiger partial charge in [0.2, 0.25) is 0 Å². The lowest BCUT2D eigenvalue weighted by atomic mass is 10.2. The van der Waals surface area contributed by atoms with Crippen molar-refractivity contribution in [3.63, 3.8) is 0 Å². The van der Waals surface area contributed by atoms with E-state index in [0.717, 1.165) is 0 Å². The molecule has 1 aromatic rings. The minimum Gasteiger partial charge on any atom is -0.490 e. The first-order valence-corrected chi connectivity index (χ1v) is 13.1. The summed E-state index contributed by atoms with van der Waals surface area (Å²) in [7, 11) is -1.84. The zero-order valence-electron chi connectivity index (χ0n) is 18.2. The van der Waals surface area contributed by atoms with Crippen LogP contribution in [-0.2, 0) is 15.8 Å². The molecule has 0 heterocycles. The number of amides is 1. The van der Waals surface area contributed by atoms with E-state index in [1.54, 1.807) is 32.9 Å². The first-order valence-electron chi connectivity index (χ1n) is 9.36. The molecule has 28 heavy (non-hydrogen) atoms. The number of aliphatic hydroxyl groups excluding tert-OH is 1. The Morgan fingerprint density at radius 2 is 1.75 bits per heavy atom. The second-order valence-electron chi connectivity index (χ2n) is 9.19. The van der Waals surface area contributed by atoms with Crippen LogP contribution in [0.25, 0.3) is 0 Å². The number of hydrogen-bond acceptors (Lipinski definition) is 5. The van der Waals surface area contributed by atoms with Crippen LogP contribution in [0.1, 0.15) is 47.1 Å². The van der Waals surface area contributed by atoms with E-state index in [1.807, 2.05) is 0 Å². The monoisotopic (exact) mass is 475 g/mol. The van der Waals surface area contributed by atoms with Crippen LogP contribution in [0, 0.1) is 0 Å². The van der Waals surface area contributed by atoms with Gasteiger partial charge in [0.15, 0.2) is 8.32 Å². The standard InChI is InChI=1S/C20H34BrNO5Si/c1-19(2,3)27-18(24)22-15-11-14(13-23)17(21)16(12-15)25-9-10-26-28(7,8)20(4,5)6/h11-12,23H,9-10,13H2,1-8H3,(H,22,24). The summed E-state index contributed by atoms with van der Waals surface area (Å²) in [4.78, 5) is 12.0. The van der Waals surface area contributed by atoms with Gasteiger partial charge in [0, 0.05) is 11.8 Å². The molecule has 0 aliphatic heterocycles. The molecule has 8 heteroatoms. The Kier molecular flexibility index (Phi) is 8.56. The van der Waals surface area contributed by atoms with Crippen LogP contribution in [0.4, 0.5) is 10.5 Å². The molecule has 0 spiro atoms. The number of anilines is 1. The number of halogens is 1. The van der Waals surface area contributed by atoms with Gasteiger partial charge in [-0.05, 0) is 66.5 Å². The number of carbonyl (C=O) groups excluding carboxylic acids is 1. The number of hydrogen-bond donors (Lipinski definition) is 2. The summed E-state index contributed by atoms with van der Waals surface area (Å²) in [6, 6.07) is 3.37. The summed E-state index contributed by atoms with van der Waals surface area (Å²) >= 11 is 3.45. The van der Waals surface area contributed by atoms with Crippen molar-refractivity contribution >= 4 is 36.0 Å². The summed E-state index contributed by atoms with van der Waals surface area (Å²) < 4.78 is 17.9. The molecule has 0 aliphatic carbocycles. The summed E-state index contributed by atoms with van der Waals surface area (Å²) in [5, 5.41) is 12.4. The number of carbonyl (C=O) groups is 1. The molecular formula is C20H34BrNO5Si.